The number of carbonyl (C=O) groups is 1. The summed E-state index contributed by atoms with van der Waals surface area (Å²) in [7, 11) is 0. The second-order valence-corrected chi connectivity index (χ2v) is 1.89. The Bertz CT molecular complexity index is 78.5. The molecule has 0 aromatic heterocycles. The van der Waals surface area contributed by atoms with Crippen LogP contribution in [0.2, 0.25) is 0 Å². The van der Waals surface area contributed by atoms with E-state index in [4.69, 9.17) is 11.6 Å². The van der Waals surface area contributed by atoms with Crippen LogP contribution in [0.3, 0.4) is 0 Å². The number of carbonyl (C=O) groups excluding carboxylic acids is 1. The Morgan fingerprint density at radius 2 is 2.38 bits per heavy atom. The van der Waals surface area contributed by atoms with Gasteiger partial charge in [-0.25, -0.2) is 0 Å². The van der Waals surface area contributed by atoms with Crippen molar-refractivity contribution in [3.8, 4) is 0 Å². The van der Waals surface area contributed by atoms with Gasteiger partial charge in [0.25, 0.3) is 0 Å². The molecule has 0 aliphatic heterocycles. The Morgan fingerprint density at radius 3 is 2.38 bits per heavy atom. The highest BCUT2D eigenvalue weighted by molar-refractivity contribution is 6.19. The quantitative estimate of drug-likeness (QED) is 0.511. The fourth-order valence-corrected chi connectivity index (χ4v) is 0.683. The molecule has 1 atom stereocenters. The highest BCUT2D eigenvalue weighted by Gasteiger charge is 2.02. The van der Waals surface area contributed by atoms with Gasteiger partial charge in [-0.15, -0.1) is 11.6 Å². The van der Waals surface area contributed by atoms with E-state index in [0.29, 0.717) is 6.42 Å². The van der Waals surface area contributed by atoms with Crippen LogP contribution in [0.4, 0.5) is 0 Å². The monoisotopic (exact) mass is 135 g/mol. The topological polar surface area (TPSA) is 40.1 Å². The molecule has 0 aromatic carbocycles. The van der Waals surface area contributed by atoms with Gasteiger partial charge >= 0.3 is 0 Å². The Morgan fingerprint density at radius 1 is 1.88 bits per heavy atom. The van der Waals surface area contributed by atoms with Gasteiger partial charge in [-0.1, -0.05) is 6.92 Å². The van der Waals surface area contributed by atoms with Crippen molar-refractivity contribution in [1.82, 2.24) is 0 Å². The van der Waals surface area contributed by atoms with Crippen LogP contribution in [-0.2, 0) is 4.79 Å². The first-order chi connectivity index (χ1) is 3.72. The molecule has 0 aromatic rings. The molecule has 0 N–H and O–H groups in total. The number of hydrogen-bond donors (Lipinski definition) is 0. The minimum Gasteiger partial charge on any atom is -0.550 e. The predicted octanol–water partition coefficient (Wildman–Crippen LogP) is 0.00130. The van der Waals surface area contributed by atoms with E-state index in [1.165, 1.54) is 0 Å². The average Bonchev–Trinajstić information content (AvgIpc) is 1.69. The summed E-state index contributed by atoms with van der Waals surface area (Å²) < 4.78 is 0. The van der Waals surface area contributed by atoms with Crippen molar-refractivity contribution in [2.75, 3.05) is 5.88 Å². The van der Waals surface area contributed by atoms with Gasteiger partial charge in [0.15, 0.2) is 0 Å². The summed E-state index contributed by atoms with van der Waals surface area (Å²) in [6, 6.07) is 0. The molecule has 0 amide bonds. The van der Waals surface area contributed by atoms with Crippen LogP contribution in [-0.4, -0.2) is 11.8 Å². The van der Waals surface area contributed by atoms with Crippen LogP contribution in [0, 0.1) is 5.92 Å². The number of alkyl halides is 1. The smallest absolute Gasteiger partial charge is 0.0457 e. The van der Waals surface area contributed by atoms with Crippen molar-refractivity contribution in [3.05, 3.63) is 0 Å². The molecule has 0 saturated heterocycles. The van der Waals surface area contributed by atoms with Crippen LogP contribution in [0.5, 0.6) is 0 Å². The second-order valence-electron chi connectivity index (χ2n) is 1.58. The summed E-state index contributed by atoms with van der Waals surface area (Å²) in [6.45, 7) is 1.77. The first-order valence-corrected chi connectivity index (χ1v) is 3.02. The molecule has 3 heteroatoms. The normalized spacial score (nSPS) is 13.2. The predicted molar refractivity (Wildman–Crippen MR) is 29.5 cm³/mol. The fraction of sp³-hybridized carbons (Fsp3) is 0.800. The Hall–Kier alpha value is -0.240. The van der Waals surface area contributed by atoms with E-state index in [-0.39, 0.29) is 5.88 Å². The van der Waals surface area contributed by atoms with Gasteiger partial charge in [-0.2, -0.15) is 0 Å². The number of rotatable bonds is 3. The minimum atomic E-state index is -1.05. The largest absolute Gasteiger partial charge is 0.550 e. The lowest BCUT2D eigenvalue weighted by atomic mass is 10.1. The molecule has 0 bridgehead atoms. The third kappa shape index (κ3) is 2.17. The first kappa shape index (κ1) is 7.76. The molecular weight excluding hydrogens is 128 g/mol. The average molecular weight is 136 g/mol. The maximum absolute atomic E-state index is 9.97. The van der Waals surface area contributed by atoms with E-state index in [2.05, 4.69) is 0 Å². The number of hydrogen-bond acceptors (Lipinski definition) is 2. The van der Waals surface area contributed by atoms with Crippen molar-refractivity contribution in [1.29, 1.82) is 0 Å². The van der Waals surface area contributed by atoms with Gasteiger partial charge in [-0.05, 0) is 6.42 Å². The highest BCUT2D eigenvalue weighted by Crippen LogP contribution is 2.01. The lowest BCUT2D eigenvalue weighted by molar-refractivity contribution is -0.310. The third-order valence-electron chi connectivity index (χ3n) is 1.01. The van der Waals surface area contributed by atoms with Gasteiger partial charge in [0.2, 0.25) is 0 Å². The number of carboxylic acid groups (broad SMARTS) is 1. The summed E-state index contributed by atoms with van der Waals surface area (Å²) >= 11 is 5.24. The molecule has 48 valence electrons. The fourth-order valence-electron chi connectivity index (χ4n) is 0.339. The third-order valence-corrected chi connectivity index (χ3v) is 1.38. The summed E-state index contributed by atoms with van der Waals surface area (Å²) in [5.41, 5.74) is 0. The second kappa shape index (κ2) is 3.72. The lowest BCUT2D eigenvalue weighted by Crippen LogP contribution is -2.31. The molecule has 0 heterocycles. The van der Waals surface area contributed by atoms with Crippen molar-refractivity contribution in [2.45, 2.75) is 13.3 Å². The molecule has 0 saturated carbocycles. The van der Waals surface area contributed by atoms with E-state index in [1.54, 1.807) is 6.92 Å². The van der Waals surface area contributed by atoms with Crippen molar-refractivity contribution < 1.29 is 9.90 Å². The maximum atomic E-state index is 9.97. The molecule has 0 rings (SSSR count). The summed E-state index contributed by atoms with van der Waals surface area (Å²) in [5, 5.41) is 9.97. The lowest BCUT2D eigenvalue weighted by Gasteiger charge is -2.10. The molecule has 0 spiro atoms. The molecule has 1 unspecified atom stereocenters. The van der Waals surface area contributed by atoms with Crippen LogP contribution < -0.4 is 5.11 Å². The Labute approximate surface area is 53.5 Å². The van der Waals surface area contributed by atoms with E-state index < -0.39 is 11.9 Å². The number of carboxylic acids is 1. The van der Waals surface area contributed by atoms with Crippen LogP contribution in [0.25, 0.3) is 0 Å². The molecule has 0 radical (unpaired) electrons. The Kier molecular flexibility index (Phi) is 3.61. The van der Waals surface area contributed by atoms with Crippen molar-refractivity contribution in [2.24, 2.45) is 5.92 Å². The molecule has 8 heavy (non-hydrogen) atoms. The van der Waals surface area contributed by atoms with E-state index >= 15 is 0 Å². The minimum absolute atomic E-state index is 0.152. The SMILES string of the molecule is CCC(CCl)C(=O)[O-]. The number of aliphatic carboxylic acids is 1. The van der Waals surface area contributed by atoms with Crippen molar-refractivity contribution in [3.63, 3.8) is 0 Å². The molecular formula is C5H8ClO2-. The van der Waals surface area contributed by atoms with Crippen LogP contribution in [0.15, 0.2) is 0 Å². The Balaban J connectivity index is 3.52. The van der Waals surface area contributed by atoms with E-state index in [9.17, 15) is 9.90 Å². The van der Waals surface area contributed by atoms with Gasteiger partial charge < -0.3 is 9.90 Å². The zero-order valence-corrected chi connectivity index (χ0v) is 5.44. The standard InChI is InChI=1S/C5H9ClO2/c1-2-4(3-6)5(7)8/h4H,2-3H2,1H3,(H,7,8)/p-1. The molecule has 2 nitrogen and oxygen atoms in total. The van der Waals surface area contributed by atoms with Crippen LogP contribution in [0.1, 0.15) is 13.3 Å². The summed E-state index contributed by atoms with van der Waals surface area (Å²) in [6.07, 6.45) is 0.547. The summed E-state index contributed by atoms with van der Waals surface area (Å²) in [5.74, 6) is -1.38. The summed E-state index contributed by atoms with van der Waals surface area (Å²) in [4.78, 5) is 9.97. The van der Waals surface area contributed by atoms with Gasteiger partial charge in [0.1, 0.15) is 0 Å². The van der Waals surface area contributed by atoms with Gasteiger partial charge in [-0.3, -0.25) is 0 Å². The molecule has 0 fully saturated rings. The van der Waals surface area contributed by atoms with E-state index in [1.807, 2.05) is 0 Å². The maximum Gasteiger partial charge on any atom is 0.0457 e. The number of halogens is 1. The first-order valence-electron chi connectivity index (χ1n) is 2.49. The van der Waals surface area contributed by atoms with Crippen LogP contribution >= 0.6 is 11.6 Å². The highest BCUT2D eigenvalue weighted by atomic mass is 35.5. The van der Waals surface area contributed by atoms with Gasteiger partial charge in [0.05, 0.1) is 0 Å². The zero-order chi connectivity index (χ0) is 6.57. The van der Waals surface area contributed by atoms with E-state index in [0.717, 1.165) is 0 Å². The molecule has 0 aliphatic rings. The zero-order valence-electron chi connectivity index (χ0n) is 4.69. The van der Waals surface area contributed by atoms with Gasteiger partial charge in [0, 0.05) is 17.8 Å². The van der Waals surface area contributed by atoms with Crippen molar-refractivity contribution >= 4 is 17.6 Å². The molecule has 0 aliphatic carbocycles.